The largest absolute Gasteiger partial charge is 0.306 e. The van der Waals surface area contributed by atoms with Crippen molar-refractivity contribution < 1.29 is 0 Å². The number of benzene rings is 2. The van der Waals surface area contributed by atoms with Crippen LogP contribution in [0.5, 0.6) is 0 Å². The van der Waals surface area contributed by atoms with E-state index in [0.29, 0.717) is 0 Å². The molecule has 0 saturated heterocycles. The van der Waals surface area contributed by atoms with Gasteiger partial charge in [0.25, 0.3) is 0 Å². The van der Waals surface area contributed by atoms with Gasteiger partial charge in [-0.25, -0.2) is 9.67 Å². The molecule has 2 heterocycles. The summed E-state index contributed by atoms with van der Waals surface area (Å²) in [6.45, 7) is 1.55. The number of fused-ring (bicyclic) bond motifs is 1. The van der Waals surface area contributed by atoms with E-state index < -0.39 is 0 Å². The molecular formula is C18H16N4S. The maximum Gasteiger partial charge on any atom is 0.108 e. The van der Waals surface area contributed by atoms with Gasteiger partial charge in [0.05, 0.1) is 22.1 Å². The van der Waals surface area contributed by atoms with Crippen LogP contribution in [0.2, 0.25) is 0 Å². The Morgan fingerprint density at radius 3 is 2.65 bits per heavy atom. The summed E-state index contributed by atoms with van der Waals surface area (Å²) in [5.74, 6) is 0. The number of aromatic nitrogens is 3. The summed E-state index contributed by atoms with van der Waals surface area (Å²) in [5, 5.41) is 8.96. The molecule has 0 aliphatic rings. The van der Waals surface area contributed by atoms with E-state index in [9.17, 15) is 0 Å². The van der Waals surface area contributed by atoms with E-state index in [1.807, 2.05) is 47.3 Å². The quantitative estimate of drug-likeness (QED) is 0.608. The van der Waals surface area contributed by atoms with E-state index in [1.54, 1.807) is 11.3 Å². The van der Waals surface area contributed by atoms with Crippen molar-refractivity contribution in [1.82, 2.24) is 20.1 Å². The van der Waals surface area contributed by atoms with Crippen molar-refractivity contribution in [2.45, 2.75) is 13.1 Å². The Morgan fingerprint density at radius 2 is 1.78 bits per heavy atom. The highest BCUT2D eigenvalue weighted by molar-refractivity contribution is 7.18. The van der Waals surface area contributed by atoms with Gasteiger partial charge in [0.2, 0.25) is 0 Å². The fourth-order valence-corrected chi connectivity index (χ4v) is 3.42. The summed E-state index contributed by atoms with van der Waals surface area (Å²) in [6, 6.07) is 18.4. The smallest absolute Gasteiger partial charge is 0.108 e. The predicted octanol–water partition coefficient (Wildman–Crippen LogP) is 3.77. The highest BCUT2D eigenvalue weighted by atomic mass is 32.1. The molecule has 4 nitrogen and oxygen atoms in total. The minimum absolute atomic E-state index is 0.774. The van der Waals surface area contributed by atoms with E-state index in [2.05, 4.69) is 39.8 Å². The Kier molecular flexibility index (Phi) is 3.88. The van der Waals surface area contributed by atoms with Crippen molar-refractivity contribution in [2.24, 2.45) is 0 Å². The third-order valence-electron chi connectivity index (χ3n) is 3.60. The van der Waals surface area contributed by atoms with Crippen molar-refractivity contribution in [2.75, 3.05) is 0 Å². The predicted molar refractivity (Wildman–Crippen MR) is 93.7 cm³/mol. The minimum atomic E-state index is 0.774. The van der Waals surface area contributed by atoms with Crippen LogP contribution < -0.4 is 5.32 Å². The second-order valence-corrected chi connectivity index (χ2v) is 6.42. The van der Waals surface area contributed by atoms with Gasteiger partial charge in [-0.1, -0.05) is 30.3 Å². The highest BCUT2D eigenvalue weighted by Crippen LogP contribution is 2.21. The Labute approximate surface area is 138 Å². The maximum absolute atomic E-state index is 4.63. The van der Waals surface area contributed by atoms with Crippen LogP contribution in [0.4, 0.5) is 0 Å². The average Bonchev–Trinajstić information content (AvgIpc) is 3.22. The molecule has 0 radical (unpaired) electrons. The number of nitrogens with one attached hydrogen (secondary N) is 1. The van der Waals surface area contributed by atoms with Crippen LogP contribution in [0.25, 0.3) is 15.9 Å². The number of thiazole rings is 1. The first kappa shape index (κ1) is 14.1. The summed E-state index contributed by atoms with van der Waals surface area (Å²) >= 11 is 1.74. The summed E-state index contributed by atoms with van der Waals surface area (Å²) < 4.78 is 3.13. The molecule has 5 heteroatoms. The molecule has 0 saturated carbocycles. The zero-order chi connectivity index (χ0) is 15.5. The number of para-hydroxylation sites is 2. The molecule has 114 valence electrons. The van der Waals surface area contributed by atoms with Gasteiger partial charge in [-0.15, -0.1) is 11.3 Å². The molecule has 4 rings (SSSR count). The Morgan fingerprint density at radius 1 is 0.957 bits per heavy atom. The number of hydrogen-bond acceptors (Lipinski definition) is 4. The van der Waals surface area contributed by atoms with E-state index >= 15 is 0 Å². The molecular weight excluding hydrogens is 304 g/mol. The van der Waals surface area contributed by atoms with Gasteiger partial charge >= 0.3 is 0 Å². The van der Waals surface area contributed by atoms with Crippen LogP contribution in [-0.2, 0) is 13.1 Å². The summed E-state index contributed by atoms with van der Waals surface area (Å²) in [5.41, 5.74) is 3.31. The second-order valence-electron chi connectivity index (χ2n) is 5.31. The zero-order valence-corrected chi connectivity index (χ0v) is 13.3. The summed E-state index contributed by atoms with van der Waals surface area (Å²) in [4.78, 5) is 4.63. The molecule has 0 atom stereocenters. The van der Waals surface area contributed by atoms with Gasteiger partial charge in [-0.2, -0.15) is 5.10 Å². The summed E-state index contributed by atoms with van der Waals surface area (Å²) in [7, 11) is 0. The van der Waals surface area contributed by atoms with Gasteiger partial charge in [0.15, 0.2) is 0 Å². The molecule has 0 bridgehead atoms. The lowest BCUT2D eigenvalue weighted by atomic mass is 10.3. The second kappa shape index (κ2) is 6.32. The first-order valence-electron chi connectivity index (χ1n) is 7.53. The number of rotatable bonds is 5. The summed E-state index contributed by atoms with van der Waals surface area (Å²) in [6.07, 6.45) is 3.96. The van der Waals surface area contributed by atoms with Crippen LogP contribution >= 0.6 is 11.3 Å². The van der Waals surface area contributed by atoms with Gasteiger partial charge in [0.1, 0.15) is 5.01 Å². The van der Waals surface area contributed by atoms with Crippen molar-refractivity contribution >= 4 is 21.6 Å². The molecule has 2 aromatic heterocycles. The first-order valence-corrected chi connectivity index (χ1v) is 8.34. The van der Waals surface area contributed by atoms with Crippen molar-refractivity contribution in [3.63, 3.8) is 0 Å². The van der Waals surface area contributed by atoms with Crippen LogP contribution in [0.15, 0.2) is 67.0 Å². The minimum Gasteiger partial charge on any atom is -0.306 e. The van der Waals surface area contributed by atoms with Crippen LogP contribution in [-0.4, -0.2) is 14.8 Å². The van der Waals surface area contributed by atoms with E-state index in [0.717, 1.165) is 34.9 Å². The third-order valence-corrected chi connectivity index (χ3v) is 4.64. The Hall–Kier alpha value is -2.50. The molecule has 0 amide bonds. The van der Waals surface area contributed by atoms with Crippen molar-refractivity contribution in [1.29, 1.82) is 0 Å². The molecule has 0 aliphatic carbocycles. The van der Waals surface area contributed by atoms with E-state index in [1.165, 1.54) is 4.70 Å². The third kappa shape index (κ3) is 3.16. The Bertz CT molecular complexity index is 878. The maximum atomic E-state index is 4.63. The van der Waals surface area contributed by atoms with Gasteiger partial charge < -0.3 is 5.32 Å². The van der Waals surface area contributed by atoms with E-state index in [-0.39, 0.29) is 0 Å². The van der Waals surface area contributed by atoms with Gasteiger partial charge in [0, 0.05) is 24.8 Å². The molecule has 1 N–H and O–H groups in total. The van der Waals surface area contributed by atoms with E-state index in [4.69, 9.17) is 0 Å². The zero-order valence-electron chi connectivity index (χ0n) is 12.5. The number of nitrogens with zero attached hydrogens (tertiary/aromatic N) is 3. The standard InChI is InChI=1S/C18H16N4S/c1-2-6-15(7-3-1)22-13-14(11-20-22)10-19-12-18-21-16-8-4-5-9-17(16)23-18/h1-9,11,13,19H,10,12H2. The molecule has 0 fully saturated rings. The molecule has 23 heavy (non-hydrogen) atoms. The lowest BCUT2D eigenvalue weighted by Crippen LogP contribution is -2.11. The first-order chi connectivity index (χ1) is 11.4. The molecule has 0 unspecified atom stereocenters. The fraction of sp³-hybridized carbons (Fsp3) is 0.111. The lowest BCUT2D eigenvalue weighted by molar-refractivity contribution is 0.691. The normalized spacial score (nSPS) is 11.1. The molecule has 4 aromatic rings. The van der Waals surface area contributed by atoms with Crippen LogP contribution in [0.1, 0.15) is 10.6 Å². The molecule has 0 aliphatic heterocycles. The van der Waals surface area contributed by atoms with Crippen LogP contribution in [0, 0.1) is 0 Å². The van der Waals surface area contributed by atoms with Gasteiger partial charge in [-0.05, 0) is 24.3 Å². The van der Waals surface area contributed by atoms with Crippen molar-refractivity contribution in [3.05, 3.63) is 77.6 Å². The molecule has 0 spiro atoms. The van der Waals surface area contributed by atoms with Gasteiger partial charge in [-0.3, -0.25) is 0 Å². The molecule has 2 aromatic carbocycles. The topological polar surface area (TPSA) is 42.7 Å². The van der Waals surface area contributed by atoms with Crippen molar-refractivity contribution in [3.8, 4) is 5.69 Å². The Balaban J connectivity index is 1.39. The van der Waals surface area contributed by atoms with Crippen LogP contribution in [0.3, 0.4) is 0 Å². The average molecular weight is 320 g/mol. The highest BCUT2D eigenvalue weighted by Gasteiger charge is 2.04. The lowest BCUT2D eigenvalue weighted by Gasteiger charge is -2.00. The fourth-order valence-electron chi connectivity index (χ4n) is 2.48. The SMILES string of the molecule is c1ccc(-n2cc(CNCc3nc4ccccc4s3)cn2)cc1. The monoisotopic (exact) mass is 320 g/mol. The number of hydrogen-bond donors (Lipinski definition) is 1.